The van der Waals surface area contributed by atoms with Crippen molar-refractivity contribution in [3.63, 3.8) is 0 Å². The van der Waals surface area contributed by atoms with Crippen LogP contribution in [0, 0.1) is 5.82 Å². The Morgan fingerprint density at radius 1 is 0.971 bits per heavy atom. The maximum Gasteiger partial charge on any atom is 0.123 e. The van der Waals surface area contributed by atoms with Crippen molar-refractivity contribution in [2.45, 2.75) is 64.7 Å². The van der Waals surface area contributed by atoms with E-state index >= 15 is 0 Å². The smallest absolute Gasteiger partial charge is 0.123 e. The highest BCUT2D eigenvalue weighted by atomic mass is 19.1. The Labute approximate surface area is 202 Å². The summed E-state index contributed by atoms with van der Waals surface area (Å²) < 4.78 is 16.2. The van der Waals surface area contributed by atoms with Crippen molar-refractivity contribution in [1.82, 2.24) is 4.57 Å². The van der Waals surface area contributed by atoms with E-state index in [4.69, 9.17) is 5.11 Å². The van der Waals surface area contributed by atoms with Crippen LogP contribution in [-0.2, 0) is 6.54 Å². The summed E-state index contributed by atoms with van der Waals surface area (Å²) in [7, 11) is 0. The number of hydrogen-bond acceptors (Lipinski definition) is 3. The SMILES string of the molecule is CCCn1c(-c2ccccc2)c(-c2ccc(F)cc2)c(/C=C/[C@@H](O)C[C@@H](O)CCO)c1C(C)C. The minimum absolute atomic E-state index is 0.121. The second-order valence-electron chi connectivity index (χ2n) is 9.03. The van der Waals surface area contributed by atoms with Crippen LogP contribution in [0.4, 0.5) is 4.39 Å². The van der Waals surface area contributed by atoms with Gasteiger partial charge in [-0.25, -0.2) is 4.39 Å². The molecule has 0 spiro atoms. The highest BCUT2D eigenvalue weighted by Gasteiger charge is 2.25. The van der Waals surface area contributed by atoms with E-state index in [1.807, 2.05) is 24.3 Å². The molecular formula is C29H36FNO3. The average molecular weight is 466 g/mol. The van der Waals surface area contributed by atoms with Crippen LogP contribution < -0.4 is 0 Å². The normalized spacial score (nSPS) is 13.6. The number of aliphatic hydroxyl groups is 3. The molecule has 0 aliphatic heterocycles. The predicted octanol–water partition coefficient (Wildman–Crippen LogP) is 6.00. The van der Waals surface area contributed by atoms with Crippen molar-refractivity contribution in [2.75, 3.05) is 6.61 Å². The molecule has 0 aliphatic carbocycles. The summed E-state index contributed by atoms with van der Waals surface area (Å²) in [5.74, 6) is -0.0764. The Bertz CT molecular complexity index is 1070. The quantitative estimate of drug-likeness (QED) is 0.325. The first-order valence-electron chi connectivity index (χ1n) is 12.1. The summed E-state index contributed by atoms with van der Waals surface area (Å²) in [5, 5.41) is 29.6. The van der Waals surface area contributed by atoms with Crippen LogP contribution in [0.1, 0.15) is 57.2 Å². The van der Waals surface area contributed by atoms with Crippen LogP contribution in [-0.4, -0.2) is 38.7 Å². The molecule has 3 rings (SSSR count). The lowest BCUT2D eigenvalue weighted by Crippen LogP contribution is -2.16. The molecule has 3 N–H and O–H groups in total. The first-order valence-corrected chi connectivity index (χ1v) is 12.1. The van der Waals surface area contributed by atoms with Crippen LogP contribution in [0.3, 0.4) is 0 Å². The molecule has 0 fully saturated rings. The molecule has 0 amide bonds. The number of rotatable bonds is 11. The minimum Gasteiger partial charge on any atom is -0.396 e. The van der Waals surface area contributed by atoms with Gasteiger partial charge in [0, 0.05) is 36.4 Å². The molecule has 2 atom stereocenters. The Morgan fingerprint density at radius 3 is 2.24 bits per heavy atom. The van der Waals surface area contributed by atoms with Crippen LogP contribution in [0.5, 0.6) is 0 Å². The largest absolute Gasteiger partial charge is 0.396 e. The third-order valence-corrected chi connectivity index (χ3v) is 5.98. The number of halogens is 1. The summed E-state index contributed by atoms with van der Waals surface area (Å²) >= 11 is 0. The van der Waals surface area contributed by atoms with Gasteiger partial charge in [-0.3, -0.25) is 0 Å². The Balaban J connectivity index is 2.25. The van der Waals surface area contributed by atoms with E-state index < -0.39 is 12.2 Å². The van der Waals surface area contributed by atoms with Crippen LogP contribution in [0.15, 0.2) is 60.7 Å². The van der Waals surface area contributed by atoms with E-state index in [9.17, 15) is 14.6 Å². The van der Waals surface area contributed by atoms with Gasteiger partial charge in [-0.15, -0.1) is 0 Å². The van der Waals surface area contributed by atoms with Crippen molar-refractivity contribution < 1.29 is 19.7 Å². The average Bonchev–Trinajstić information content (AvgIpc) is 3.13. The zero-order valence-electron chi connectivity index (χ0n) is 20.3. The van der Waals surface area contributed by atoms with E-state index in [1.165, 1.54) is 12.1 Å². The summed E-state index contributed by atoms with van der Waals surface area (Å²) in [6, 6.07) is 16.8. The summed E-state index contributed by atoms with van der Waals surface area (Å²) in [6.07, 6.45) is 3.36. The van der Waals surface area contributed by atoms with Crippen LogP contribution in [0.25, 0.3) is 28.5 Å². The monoisotopic (exact) mass is 465 g/mol. The molecule has 5 heteroatoms. The van der Waals surface area contributed by atoms with Crippen molar-refractivity contribution in [1.29, 1.82) is 0 Å². The van der Waals surface area contributed by atoms with Crippen molar-refractivity contribution >= 4 is 6.08 Å². The van der Waals surface area contributed by atoms with Gasteiger partial charge in [-0.1, -0.05) is 75.4 Å². The maximum atomic E-state index is 13.8. The zero-order chi connectivity index (χ0) is 24.7. The third kappa shape index (κ3) is 6.03. The van der Waals surface area contributed by atoms with Gasteiger partial charge in [0.1, 0.15) is 5.82 Å². The standard InChI is InChI=1S/C29H36FNO3/c1-4-17-31-28(20(2)3)26(15-14-24(33)19-25(34)16-18-32)27(21-10-12-23(30)13-11-21)29(31)22-8-6-5-7-9-22/h5-15,20,24-25,32-34H,4,16-19H2,1-3H3/b15-14+/t24-,25+/m1/s1. The first kappa shape index (κ1) is 25.9. The highest BCUT2D eigenvalue weighted by molar-refractivity contribution is 5.90. The second-order valence-corrected chi connectivity index (χ2v) is 9.03. The molecule has 0 saturated carbocycles. The van der Waals surface area contributed by atoms with Gasteiger partial charge < -0.3 is 19.9 Å². The van der Waals surface area contributed by atoms with Crippen molar-refractivity contribution in [2.24, 2.45) is 0 Å². The van der Waals surface area contributed by atoms with Gasteiger partial charge in [0.05, 0.1) is 17.9 Å². The number of aromatic nitrogens is 1. The summed E-state index contributed by atoms with van der Waals surface area (Å²) in [4.78, 5) is 0. The second kappa shape index (κ2) is 12.1. The lowest BCUT2D eigenvalue weighted by molar-refractivity contribution is 0.0827. The van der Waals surface area contributed by atoms with E-state index in [0.29, 0.717) is 0 Å². The zero-order valence-corrected chi connectivity index (χ0v) is 20.3. The minimum atomic E-state index is -0.850. The molecule has 0 saturated heterocycles. The topological polar surface area (TPSA) is 65.6 Å². The molecule has 0 unspecified atom stereocenters. The number of aliphatic hydroxyl groups excluding tert-OH is 3. The lowest BCUT2D eigenvalue weighted by atomic mass is 9.94. The molecule has 3 aromatic rings. The fourth-order valence-corrected chi connectivity index (χ4v) is 4.54. The molecule has 34 heavy (non-hydrogen) atoms. The van der Waals surface area contributed by atoms with E-state index in [-0.39, 0.29) is 31.2 Å². The summed E-state index contributed by atoms with van der Waals surface area (Å²) in [6.45, 7) is 7.17. The highest BCUT2D eigenvalue weighted by Crippen LogP contribution is 2.43. The fourth-order valence-electron chi connectivity index (χ4n) is 4.54. The molecule has 0 bridgehead atoms. The molecule has 1 heterocycles. The van der Waals surface area contributed by atoms with Crippen molar-refractivity contribution in [3.8, 4) is 22.4 Å². The van der Waals surface area contributed by atoms with Gasteiger partial charge in [0.25, 0.3) is 0 Å². The lowest BCUT2D eigenvalue weighted by Gasteiger charge is -2.16. The van der Waals surface area contributed by atoms with E-state index in [0.717, 1.165) is 46.6 Å². The summed E-state index contributed by atoms with van der Waals surface area (Å²) in [5.41, 5.74) is 6.21. The fraction of sp³-hybridized carbons (Fsp3) is 0.379. The molecule has 1 aromatic heterocycles. The molecule has 2 aromatic carbocycles. The Hall–Kier alpha value is -2.73. The van der Waals surface area contributed by atoms with Gasteiger partial charge >= 0.3 is 0 Å². The van der Waals surface area contributed by atoms with Crippen LogP contribution >= 0.6 is 0 Å². The van der Waals surface area contributed by atoms with E-state index in [1.54, 1.807) is 18.2 Å². The maximum absolute atomic E-state index is 13.8. The first-order chi connectivity index (χ1) is 16.4. The molecule has 0 aliphatic rings. The van der Waals surface area contributed by atoms with E-state index in [2.05, 4.69) is 37.5 Å². The number of nitrogens with zero attached hydrogens (tertiary/aromatic N) is 1. The van der Waals surface area contributed by atoms with Crippen molar-refractivity contribution in [3.05, 3.63) is 77.7 Å². The van der Waals surface area contributed by atoms with Gasteiger partial charge in [-0.2, -0.15) is 0 Å². The van der Waals surface area contributed by atoms with Gasteiger partial charge in [-0.05, 0) is 42.0 Å². The Kier molecular flexibility index (Phi) is 9.22. The molecule has 4 nitrogen and oxygen atoms in total. The Morgan fingerprint density at radius 2 is 1.65 bits per heavy atom. The van der Waals surface area contributed by atoms with Gasteiger partial charge in [0.2, 0.25) is 0 Å². The predicted molar refractivity (Wildman–Crippen MR) is 137 cm³/mol. The van der Waals surface area contributed by atoms with Gasteiger partial charge in [0.15, 0.2) is 0 Å². The van der Waals surface area contributed by atoms with Crippen LogP contribution in [0.2, 0.25) is 0 Å². The molecule has 182 valence electrons. The number of benzene rings is 2. The number of hydrogen-bond donors (Lipinski definition) is 3. The third-order valence-electron chi connectivity index (χ3n) is 5.98. The molecule has 0 radical (unpaired) electrons. The molecular weight excluding hydrogens is 429 g/mol.